The van der Waals surface area contributed by atoms with Gasteiger partial charge in [-0.05, 0) is 59.5 Å². The Labute approximate surface area is 236 Å². The number of nitro groups is 1. The number of aromatic nitrogens is 1. The molecular formula is C25H27BrFN5O8. The Morgan fingerprint density at radius 1 is 1.23 bits per heavy atom. The number of aryl methyl sites for hydroxylation is 1. The molecule has 214 valence electrons. The highest BCUT2D eigenvalue weighted by Crippen LogP contribution is 2.39. The van der Waals surface area contributed by atoms with Crippen molar-refractivity contribution in [2.45, 2.75) is 45.7 Å². The minimum atomic E-state index is -1.62. The van der Waals surface area contributed by atoms with Crippen LogP contribution >= 0.6 is 15.9 Å². The van der Waals surface area contributed by atoms with Crippen LogP contribution in [-0.2, 0) is 9.59 Å². The van der Waals surface area contributed by atoms with E-state index >= 15 is 0 Å². The van der Waals surface area contributed by atoms with Crippen molar-refractivity contribution in [1.82, 2.24) is 14.8 Å². The van der Waals surface area contributed by atoms with E-state index in [0.29, 0.717) is 11.3 Å². The Kier molecular flexibility index (Phi) is 9.07. The maximum atomic E-state index is 14.9. The first kappa shape index (κ1) is 30.4. The second kappa shape index (κ2) is 11.9. The zero-order chi connectivity index (χ0) is 30.0. The van der Waals surface area contributed by atoms with Gasteiger partial charge in [0.15, 0.2) is 0 Å². The average Bonchev–Trinajstić information content (AvgIpc) is 2.85. The maximum Gasteiger partial charge on any atom is 0.407 e. The normalized spacial score (nSPS) is 17.1. The van der Waals surface area contributed by atoms with E-state index in [0.717, 1.165) is 26.8 Å². The molecule has 13 nitrogen and oxygen atoms in total. The lowest BCUT2D eigenvalue weighted by atomic mass is 10.0. The summed E-state index contributed by atoms with van der Waals surface area (Å²) in [6, 6.07) is 1.07. The molecule has 2 aromatic rings. The predicted octanol–water partition coefficient (Wildman–Crippen LogP) is 3.63. The van der Waals surface area contributed by atoms with E-state index in [4.69, 9.17) is 0 Å². The van der Waals surface area contributed by atoms with Crippen LogP contribution in [0.5, 0.6) is 0 Å². The summed E-state index contributed by atoms with van der Waals surface area (Å²) in [6.07, 6.45) is 0.128. The number of rotatable bonds is 7. The first-order chi connectivity index (χ1) is 18.6. The van der Waals surface area contributed by atoms with Crippen molar-refractivity contribution in [3.05, 3.63) is 61.6 Å². The zero-order valence-electron chi connectivity index (χ0n) is 22.0. The highest BCUT2D eigenvalue weighted by atomic mass is 79.9. The van der Waals surface area contributed by atoms with Crippen LogP contribution in [0.2, 0.25) is 0 Å². The lowest BCUT2D eigenvalue weighted by Gasteiger charge is -2.42. The third-order valence-corrected chi connectivity index (χ3v) is 7.09. The molecule has 1 fully saturated rings. The van der Waals surface area contributed by atoms with Gasteiger partial charge in [0.05, 0.1) is 33.6 Å². The molecule has 2 heterocycles. The van der Waals surface area contributed by atoms with E-state index in [2.05, 4.69) is 20.9 Å². The Morgan fingerprint density at radius 2 is 1.88 bits per heavy atom. The summed E-state index contributed by atoms with van der Waals surface area (Å²) in [5.74, 6) is -4.72. The molecule has 3 rings (SSSR count). The molecule has 40 heavy (non-hydrogen) atoms. The lowest BCUT2D eigenvalue weighted by molar-refractivity contribution is -0.467. The van der Waals surface area contributed by atoms with Crippen molar-refractivity contribution in [3.8, 4) is 0 Å². The third kappa shape index (κ3) is 6.03. The van der Waals surface area contributed by atoms with Crippen molar-refractivity contribution in [3.63, 3.8) is 0 Å². The smallest absolute Gasteiger partial charge is 0.407 e. The molecular weight excluding hydrogens is 597 g/mol. The van der Waals surface area contributed by atoms with Gasteiger partial charge in [-0.25, -0.2) is 14.0 Å². The van der Waals surface area contributed by atoms with Gasteiger partial charge in [0.2, 0.25) is 0 Å². The van der Waals surface area contributed by atoms with E-state index in [9.17, 15) is 43.9 Å². The van der Waals surface area contributed by atoms with Gasteiger partial charge in [-0.1, -0.05) is 13.8 Å². The molecule has 3 amide bonds. The quantitative estimate of drug-likeness (QED) is 0.344. The van der Waals surface area contributed by atoms with Gasteiger partial charge in [0.1, 0.15) is 11.9 Å². The fourth-order valence-corrected chi connectivity index (χ4v) is 4.90. The molecule has 0 aliphatic carbocycles. The molecule has 0 saturated carbocycles. The molecule has 0 spiro atoms. The van der Waals surface area contributed by atoms with Crippen LogP contribution in [0.15, 0.2) is 28.9 Å². The molecule has 1 aliphatic heterocycles. The molecule has 1 unspecified atom stereocenters. The van der Waals surface area contributed by atoms with Crippen molar-refractivity contribution in [1.29, 1.82) is 0 Å². The number of piperazine rings is 1. The number of aliphatic carboxylic acids is 1. The Bertz CT molecular complexity index is 1390. The highest BCUT2D eigenvalue weighted by Gasteiger charge is 2.42. The number of carboxylic acids is 1. The molecule has 1 saturated heterocycles. The van der Waals surface area contributed by atoms with Crippen molar-refractivity contribution in [2.75, 3.05) is 24.5 Å². The number of carbonyl (C=O) groups excluding carboxylic acids is 2. The summed E-state index contributed by atoms with van der Waals surface area (Å²) in [4.78, 5) is 68.7. The summed E-state index contributed by atoms with van der Waals surface area (Å²) in [5, 5.41) is 30.7. The highest BCUT2D eigenvalue weighted by molar-refractivity contribution is 9.10. The van der Waals surface area contributed by atoms with Crippen molar-refractivity contribution < 1.29 is 38.7 Å². The summed E-state index contributed by atoms with van der Waals surface area (Å²) < 4.78 is 14.7. The SMILES string of the molecule is Cc1ccnc(C(C)C)c1N(C(=O)C[N+](=O)[O-])c1cc(Br)c(F)cc1C(=O)N1C[C@@H](C)N(C(=O)O)CC1C(=O)O. The largest absolute Gasteiger partial charge is 0.480 e. The number of anilines is 2. The molecule has 1 aromatic heterocycles. The van der Waals surface area contributed by atoms with E-state index in [1.54, 1.807) is 26.8 Å². The number of hydrogen-bond acceptors (Lipinski definition) is 7. The van der Waals surface area contributed by atoms with E-state index in [-0.39, 0.29) is 28.3 Å². The number of carboxylic acid groups (broad SMARTS) is 2. The van der Waals surface area contributed by atoms with Crippen LogP contribution in [0.4, 0.5) is 20.6 Å². The summed E-state index contributed by atoms with van der Waals surface area (Å²) >= 11 is 3.05. The predicted molar refractivity (Wildman–Crippen MR) is 143 cm³/mol. The van der Waals surface area contributed by atoms with Crippen LogP contribution in [0.1, 0.15) is 48.3 Å². The summed E-state index contributed by atoms with van der Waals surface area (Å²) in [7, 11) is 0. The van der Waals surface area contributed by atoms with Gasteiger partial charge < -0.3 is 20.0 Å². The fraction of sp³-hybridized carbons (Fsp3) is 0.400. The Hall–Kier alpha value is -4.14. The lowest BCUT2D eigenvalue weighted by Crippen LogP contribution is -2.62. The molecule has 2 atom stereocenters. The zero-order valence-corrected chi connectivity index (χ0v) is 23.6. The number of benzene rings is 1. The van der Waals surface area contributed by atoms with E-state index < -0.39 is 65.4 Å². The monoisotopic (exact) mass is 623 g/mol. The van der Waals surface area contributed by atoms with Crippen molar-refractivity contribution in [2.24, 2.45) is 0 Å². The molecule has 1 aromatic carbocycles. The molecule has 2 N–H and O–H groups in total. The van der Waals surface area contributed by atoms with Crippen LogP contribution < -0.4 is 4.90 Å². The molecule has 0 bridgehead atoms. The van der Waals surface area contributed by atoms with Crippen molar-refractivity contribution >= 4 is 51.2 Å². The van der Waals surface area contributed by atoms with Gasteiger partial charge in [0.25, 0.3) is 12.5 Å². The molecule has 1 aliphatic rings. The number of nitrogens with zero attached hydrogens (tertiary/aromatic N) is 5. The number of halogens is 2. The Morgan fingerprint density at radius 3 is 2.42 bits per heavy atom. The van der Waals surface area contributed by atoms with Crippen LogP contribution in [-0.4, -0.2) is 85.5 Å². The van der Waals surface area contributed by atoms with Gasteiger partial charge in [-0.2, -0.15) is 0 Å². The number of amides is 3. The third-order valence-electron chi connectivity index (χ3n) is 6.48. The van der Waals surface area contributed by atoms with Gasteiger partial charge >= 0.3 is 18.0 Å². The number of carbonyl (C=O) groups is 4. The molecule has 0 radical (unpaired) electrons. The average molecular weight is 624 g/mol. The van der Waals surface area contributed by atoms with Crippen LogP contribution in [0.3, 0.4) is 0 Å². The fourth-order valence-electron chi connectivity index (χ4n) is 4.57. The first-order valence-corrected chi connectivity index (χ1v) is 12.9. The second-order valence-corrected chi connectivity index (χ2v) is 10.5. The minimum Gasteiger partial charge on any atom is -0.480 e. The summed E-state index contributed by atoms with van der Waals surface area (Å²) in [6.45, 7) is 4.64. The second-order valence-electron chi connectivity index (χ2n) is 9.62. The van der Waals surface area contributed by atoms with Gasteiger partial charge in [-0.3, -0.25) is 29.6 Å². The first-order valence-electron chi connectivity index (χ1n) is 12.1. The van der Waals surface area contributed by atoms with Gasteiger partial charge in [-0.15, -0.1) is 0 Å². The summed E-state index contributed by atoms with van der Waals surface area (Å²) in [5.41, 5.74) is 0.345. The molecule has 15 heteroatoms. The Balaban J connectivity index is 2.29. The van der Waals surface area contributed by atoms with Crippen LogP contribution in [0.25, 0.3) is 0 Å². The standard InChI is InChI=1S/C25H27BrFN5O8/c1-12(2)21-22(13(3)5-6-28-21)32(20(33)11-31(39)40)18-8-16(26)17(27)7-15(18)23(34)30-9-14(4)29(25(37)38)10-19(30)24(35)36/h5-8,12,14,19H,9-11H2,1-4H3,(H,35,36)(H,37,38)/t14-,19?/m1/s1. The van der Waals surface area contributed by atoms with E-state index in [1.807, 2.05) is 0 Å². The van der Waals surface area contributed by atoms with Gasteiger partial charge in [0, 0.05) is 23.7 Å². The minimum absolute atomic E-state index is 0.163. The topological polar surface area (TPSA) is 174 Å². The van der Waals surface area contributed by atoms with E-state index in [1.165, 1.54) is 13.1 Å². The maximum absolute atomic E-state index is 14.9. The van der Waals surface area contributed by atoms with Crippen LogP contribution in [0, 0.1) is 22.9 Å². The number of hydrogen-bond donors (Lipinski definition) is 2. The number of pyridine rings is 1.